The fourth-order valence-corrected chi connectivity index (χ4v) is 2.06. The summed E-state index contributed by atoms with van der Waals surface area (Å²) in [4.78, 5) is 15.3. The summed E-state index contributed by atoms with van der Waals surface area (Å²) >= 11 is 5.42. The van der Waals surface area contributed by atoms with Gasteiger partial charge in [0.1, 0.15) is 10.3 Å². The van der Waals surface area contributed by atoms with Crippen LogP contribution >= 0.6 is 11.6 Å². The van der Waals surface area contributed by atoms with Crippen molar-refractivity contribution in [3.8, 4) is 0 Å². The number of nitro groups is 1. The smallest absolute Gasteiger partial charge is 0.349 e. The SMILES string of the molecule is O=[N+]([O-])/N=C1\NCCN1Cc1cnc(Cl)c(C(F)(F)F)c1. The number of hydrogen-bond acceptors (Lipinski definition) is 3. The Balaban J connectivity index is 2.22. The Morgan fingerprint density at radius 2 is 2.29 bits per heavy atom. The molecule has 1 aromatic heterocycles. The average Bonchev–Trinajstić information content (AvgIpc) is 2.77. The Kier molecular flexibility index (Phi) is 4.16. The van der Waals surface area contributed by atoms with E-state index in [9.17, 15) is 23.3 Å². The van der Waals surface area contributed by atoms with Gasteiger partial charge in [0, 0.05) is 25.8 Å². The fourth-order valence-electron chi connectivity index (χ4n) is 1.85. The van der Waals surface area contributed by atoms with Gasteiger partial charge in [-0.3, -0.25) is 0 Å². The molecule has 2 heterocycles. The fraction of sp³-hybridized carbons (Fsp3) is 0.400. The lowest BCUT2D eigenvalue weighted by atomic mass is 10.2. The molecule has 21 heavy (non-hydrogen) atoms. The quantitative estimate of drug-likeness (QED) is 0.520. The standard InChI is InChI=1S/C10H9ClF3N5O2/c11-8-7(10(12,13)14)3-6(4-16-8)5-18-2-1-15-9(18)17-19(20)21/h3-4H,1-2,5H2,(H,15,17). The average molecular weight is 324 g/mol. The minimum Gasteiger partial charge on any atom is -0.349 e. The van der Waals surface area contributed by atoms with Gasteiger partial charge in [0.25, 0.3) is 5.96 Å². The van der Waals surface area contributed by atoms with Crippen molar-refractivity contribution < 1.29 is 18.2 Å². The van der Waals surface area contributed by atoms with Gasteiger partial charge in [0.15, 0.2) is 5.03 Å². The van der Waals surface area contributed by atoms with E-state index >= 15 is 0 Å². The lowest BCUT2D eigenvalue weighted by Gasteiger charge is -2.16. The molecule has 7 nitrogen and oxygen atoms in total. The minimum absolute atomic E-state index is 0.00325. The third-order valence-corrected chi connectivity index (χ3v) is 3.02. The molecular formula is C10H9ClF3N5O2. The van der Waals surface area contributed by atoms with Crippen molar-refractivity contribution in [2.75, 3.05) is 13.1 Å². The highest BCUT2D eigenvalue weighted by Crippen LogP contribution is 2.34. The summed E-state index contributed by atoms with van der Waals surface area (Å²) in [6, 6.07) is 0.872. The molecule has 0 aromatic carbocycles. The summed E-state index contributed by atoms with van der Waals surface area (Å²) in [6.07, 6.45) is -3.42. The summed E-state index contributed by atoms with van der Waals surface area (Å²) in [5, 5.41) is 14.7. The normalized spacial score (nSPS) is 17.1. The van der Waals surface area contributed by atoms with Gasteiger partial charge in [-0.05, 0) is 11.6 Å². The van der Waals surface area contributed by atoms with Crippen molar-refractivity contribution in [3.63, 3.8) is 0 Å². The molecule has 0 aliphatic carbocycles. The van der Waals surface area contributed by atoms with E-state index in [-0.39, 0.29) is 18.1 Å². The van der Waals surface area contributed by atoms with Gasteiger partial charge in [-0.1, -0.05) is 11.6 Å². The number of guanidine groups is 1. The van der Waals surface area contributed by atoms with Crippen LogP contribution in [0.3, 0.4) is 0 Å². The second kappa shape index (κ2) is 5.72. The number of hydrazone groups is 1. The van der Waals surface area contributed by atoms with Crippen molar-refractivity contribution in [2.24, 2.45) is 5.10 Å². The maximum atomic E-state index is 12.7. The van der Waals surface area contributed by atoms with Gasteiger partial charge >= 0.3 is 6.18 Å². The molecule has 1 fully saturated rings. The molecule has 2 rings (SSSR count). The van der Waals surface area contributed by atoms with Crippen LogP contribution in [0.1, 0.15) is 11.1 Å². The van der Waals surface area contributed by atoms with Crippen LogP contribution in [0.25, 0.3) is 0 Å². The van der Waals surface area contributed by atoms with Gasteiger partial charge in [-0.2, -0.15) is 13.2 Å². The third kappa shape index (κ3) is 3.72. The first-order valence-electron chi connectivity index (χ1n) is 5.71. The number of hydrogen-bond donors (Lipinski definition) is 1. The number of pyridine rings is 1. The first kappa shape index (κ1) is 15.3. The summed E-state index contributed by atoms with van der Waals surface area (Å²) < 4.78 is 38.2. The monoisotopic (exact) mass is 323 g/mol. The van der Waals surface area contributed by atoms with Crippen molar-refractivity contribution in [1.82, 2.24) is 15.2 Å². The molecule has 1 aliphatic rings. The van der Waals surface area contributed by atoms with Crippen LogP contribution in [-0.4, -0.2) is 34.0 Å². The Labute approximate surface area is 121 Å². The number of nitrogens with one attached hydrogen (secondary N) is 1. The Hall–Kier alpha value is -2.10. The van der Waals surface area contributed by atoms with E-state index in [4.69, 9.17) is 11.6 Å². The number of nitrogens with zero attached hydrogens (tertiary/aromatic N) is 4. The Morgan fingerprint density at radius 3 is 2.90 bits per heavy atom. The Morgan fingerprint density at radius 1 is 1.57 bits per heavy atom. The van der Waals surface area contributed by atoms with E-state index in [1.165, 1.54) is 11.1 Å². The number of halogens is 4. The topological polar surface area (TPSA) is 83.7 Å². The molecular weight excluding hydrogens is 315 g/mol. The molecule has 0 spiro atoms. The molecule has 114 valence electrons. The zero-order valence-electron chi connectivity index (χ0n) is 10.4. The van der Waals surface area contributed by atoms with Crippen molar-refractivity contribution in [2.45, 2.75) is 12.7 Å². The minimum atomic E-state index is -4.61. The van der Waals surface area contributed by atoms with Gasteiger partial charge in [-0.25, -0.2) is 15.1 Å². The summed E-state index contributed by atoms with van der Waals surface area (Å²) in [5.74, 6) is 0.00325. The molecule has 0 unspecified atom stereocenters. The molecule has 1 aromatic rings. The molecule has 1 aliphatic heterocycles. The van der Waals surface area contributed by atoms with Crippen LogP contribution in [0.2, 0.25) is 5.15 Å². The van der Waals surface area contributed by atoms with Crippen molar-refractivity contribution in [1.29, 1.82) is 0 Å². The first-order chi connectivity index (χ1) is 9.77. The molecule has 0 atom stereocenters. The highest BCUT2D eigenvalue weighted by Gasteiger charge is 2.34. The molecule has 11 heteroatoms. The van der Waals surface area contributed by atoms with Gasteiger partial charge in [0.2, 0.25) is 0 Å². The van der Waals surface area contributed by atoms with Crippen LogP contribution in [0, 0.1) is 10.1 Å². The summed E-state index contributed by atoms with van der Waals surface area (Å²) in [5.41, 5.74) is -0.812. The highest BCUT2D eigenvalue weighted by atomic mass is 35.5. The highest BCUT2D eigenvalue weighted by molar-refractivity contribution is 6.30. The van der Waals surface area contributed by atoms with E-state index in [0.717, 1.165) is 6.07 Å². The van der Waals surface area contributed by atoms with Crippen LogP contribution in [0.4, 0.5) is 13.2 Å². The largest absolute Gasteiger partial charge is 0.419 e. The van der Waals surface area contributed by atoms with Gasteiger partial charge < -0.3 is 10.2 Å². The molecule has 0 amide bonds. The second-order valence-electron chi connectivity index (χ2n) is 4.19. The molecule has 1 N–H and O–H groups in total. The molecule has 0 bridgehead atoms. The zero-order valence-corrected chi connectivity index (χ0v) is 11.1. The maximum Gasteiger partial charge on any atom is 0.419 e. The molecule has 1 saturated heterocycles. The Bertz CT molecular complexity index is 593. The number of aromatic nitrogens is 1. The second-order valence-corrected chi connectivity index (χ2v) is 4.55. The van der Waals surface area contributed by atoms with Crippen LogP contribution < -0.4 is 5.32 Å². The van der Waals surface area contributed by atoms with Crippen LogP contribution in [0.5, 0.6) is 0 Å². The van der Waals surface area contributed by atoms with Crippen LogP contribution in [-0.2, 0) is 12.7 Å². The predicted molar refractivity (Wildman–Crippen MR) is 67.1 cm³/mol. The number of rotatable bonds is 3. The van der Waals surface area contributed by atoms with Crippen molar-refractivity contribution in [3.05, 3.63) is 38.7 Å². The van der Waals surface area contributed by atoms with E-state index in [0.29, 0.717) is 13.1 Å². The summed E-state index contributed by atoms with van der Waals surface area (Å²) in [7, 11) is 0. The van der Waals surface area contributed by atoms with Gasteiger partial charge in [0.05, 0.1) is 5.56 Å². The molecule has 0 radical (unpaired) electrons. The van der Waals surface area contributed by atoms with E-state index in [1.807, 2.05) is 0 Å². The lowest BCUT2D eigenvalue weighted by Crippen LogP contribution is -2.30. The van der Waals surface area contributed by atoms with Crippen molar-refractivity contribution >= 4 is 17.6 Å². The first-order valence-corrected chi connectivity index (χ1v) is 6.08. The number of alkyl halides is 3. The van der Waals surface area contributed by atoms with Gasteiger partial charge in [-0.15, -0.1) is 0 Å². The van der Waals surface area contributed by atoms with Crippen LogP contribution in [0.15, 0.2) is 17.4 Å². The maximum absolute atomic E-state index is 12.7. The summed E-state index contributed by atoms with van der Waals surface area (Å²) in [6.45, 7) is 0.809. The van der Waals surface area contributed by atoms with E-state index < -0.39 is 21.9 Å². The predicted octanol–water partition coefficient (Wildman–Crippen LogP) is 1.71. The molecule has 0 saturated carbocycles. The zero-order chi connectivity index (χ0) is 15.6. The van der Waals surface area contributed by atoms with E-state index in [2.05, 4.69) is 15.4 Å². The third-order valence-electron chi connectivity index (χ3n) is 2.72. The lowest BCUT2D eigenvalue weighted by molar-refractivity contribution is -0.485. The van der Waals surface area contributed by atoms with E-state index in [1.54, 1.807) is 0 Å².